The van der Waals surface area contributed by atoms with Gasteiger partial charge in [0.2, 0.25) is 0 Å². The van der Waals surface area contributed by atoms with Crippen molar-refractivity contribution in [2.75, 3.05) is 13.7 Å². The minimum absolute atomic E-state index is 0.0581. The molecule has 1 aliphatic heterocycles. The second-order valence-electron chi connectivity index (χ2n) is 6.76. The number of rotatable bonds is 4. The van der Waals surface area contributed by atoms with Gasteiger partial charge >= 0.3 is 0 Å². The van der Waals surface area contributed by atoms with Gasteiger partial charge in [-0.3, -0.25) is 4.79 Å². The molecule has 0 radical (unpaired) electrons. The van der Waals surface area contributed by atoms with Gasteiger partial charge in [-0.05, 0) is 55.2 Å². The molecule has 0 saturated carbocycles. The SMILES string of the molecule is COc1cccc(CC2CCCN2C(=O)c2cc3ccc(Cl)cc3[nH]2)c1. The maximum Gasteiger partial charge on any atom is 0.270 e. The molecule has 1 atom stereocenters. The van der Waals surface area contributed by atoms with Crippen LogP contribution in [0.2, 0.25) is 5.02 Å². The van der Waals surface area contributed by atoms with Gasteiger partial charge in [0.1, 0.15) is 11.4 Å². The minimum atomic E-state index is 0.0581. The topological polar surface area (TPSA) is 45.3 Å². The van der Waals surface area contributed by atoms with E-state index in [0.717, 1.165) is 42.5 Å². The number of carbonyl (C=O) groups excluding carboxylic acids is 1. The number of aromatic nitrogens is 1. The van der Waals surface area contributed by atoms with Gasteiger partial charge in [-0.2, -0.15) is 0 Å². The summed E-state index contributed by atoms with van der Waals surface area (Å²) >= 11 is 6.05. The molecule has 3 aromatic rings. The quantitative estimate of drug-likeness (QED) is 0.726. The number of likely N-dealkylation sites (tertiary alicyclic amines) is 1. The van der Waals surface area contributed by atoms with Crippen LogP contribution >= 0.6 is 11.6 Å². The van der Waals surface area contributed by atoms with Crippen LogP contribution in [0.15, 0.2) is 48.5 Å². The molecule has 2 aromatic carbocycles. The number of nitrogens with one attached hydrogen (secondary N) is 1. The molecule has 1 saturated heterocycles. The van der Waals surface area contributed by atoms with Gasteiger partial charge in [0.25, 0.3) is 5.91 Å². The molecule has 5 heteroatoms. The smallest absolute Gasteiger partial charge is 0.270 e. The van der Waals surface area contributed by atoms with Crippen LogP contribution < -0.4 is 4.74 Å². The molecule has 1 N–H and O–H groups in total. The molecule has 1 fully saturated rings. The molecule has 0 spiro atoms. The minimum Gasteiger partial charge on any atom is -0.497 e. The van der Waals surface area contributed by atoms with Crippen molar-refractivity contribution in [3.63, 3.8) is 0 Å². The summed E-state index contributed by atoms with van der Waals surface area (Å²) in [6, 6.07) is 15.8. The number of hydrogen-bond donors (Lipinski definition) is 1. The average molecular weight is 369 g/mol. The molecule has 1 unspecified atom stereocenters. The van der Waals surface area contributed by atoms with Crippen LogP contribution in [0.25, 0.3) is 10.9 Å². The molecule has 1 aliphatic rings. The van der Waals surface area contributed by atoms with Crippen molar-refractivity contribution in [3.05, 3.63) is 64.8 Å². The lowest BCUT2D eigenvalue weighted by molar-refractivity contribution is 0.0731. The molecule has 1 aromatic heterocycles. The van der Waals surface area contributed by atoms with Gasteiger partial charge in [0.05, 0.1) is 7.11 Å². The lowest BCUT2D eigenvalue weighted by Gasteiger charge is -2.24. The number of carbonyl (C=O) groups is 1. The third kappa shape index (κ3) is 3.29. The lowest BCUT2D eigenvalue weighted by Crippen LogP contribution is -2.37. The Kier molecular flexibility index (Phi) is 4.60. The summed E-state index contributed by atoms with van der Waals surface area (Å²) in [7, 11) is 1.67. The van der Waals surface area contributed by atoms with E-state index in [9.17, 15) is 4.79 Å². The number of benzene rings is 2. The number of hydrogen-bond acceptors (Lipinski definition) is 2. The van der Waals surface area contributed by atoms with E-state index in [1.165, 1.54) is 5.56 Å². The van der Waals surface area contributed by atoms with Crippen LogP contribution in [-0.4, -0.2) is 35.5 Å². The first kappa shape index (κ1) is 17.0. The Morgan fingerprint density at radius 1 is 1.27 bits per heavy atom. The highest BCUT2D eigenvalue weighted by Gasteiger charge is 2.30. The highest BCUT2D eigenvalue weighted by Crippen LogP contribution is 2.26. The summed E-state index contributed by atoms with van der Waals surface area (Å²) < 4.78 is 5.31. The van der Waals surface area contributed by atoms with Crippen molar-refractivity contribution >= 4 is 28.4 Å². The normalized spacial score (nSPS) is 17.0. The Hall–Kier alpha value is -2.46. The highest BCUT2D eigenvalue weighted by molar-refractivity contribution is 6.31. The third-order valence-electron chi connectivity index (χ3n) is 5.06. The first-order valence-electron chi connectivity index (χ1n) is 8.86. The van der Waals surface area contributed by atoms with Crippen molar-refractivity contribution in [2.24, 2.45) is 0 Å². The van der Waals surface area contributed by atoms with E-state index in [0.29, 0.717) is 10.7 Å². The number of nitrogens with zero attached hydrogens (tertiary/aromatic N) is 1. The van der Waals surface area contributed by atoms with Crippen LogP contribution in [-0.2, 0) is 6.42 Å². The van der Waals surface area contributed by atoms with E-state index in [-0.39, 0.29) is 11.9 Å². The second-order valence-corrected chi connectivity index (χ2v) is 7.20. The molecule has 2 heterocycles. The van der Waals surface area contributed by atoms with Gasteiger partial charge in [0.15, 0.2) is 0 Å². The summed E-state index contributed by atoms with van der Waals surface area (Å²) in [4.78, 5) is 18.3. The van der Waals surface area contributed by atoms with E-state index in [1.807, 2.05) is 47.4 Å². The largest absolute Gasteiger partial charge is 0.497 e. The van der Waals surface area contributed by atoms with Crippen molar-refractivity contribution in [1.29, 1.82) is 0 Å². The maximum atomic E-state index is 13.1. The number of H-pyrrole nitrogens is 1. The second kappa shape index (κ2) is 7.04. The predicted octanol–water partition coefficient (Wildman–Crippen LogP) is 4.68. The van der Waals surface area contributed by atoms with Crippen molar-refractivity contribution in [3.8, 4) is 5.75 Å². The van der Waals surface area contributed by atoms with E-state index in [1.54, 1.807) is 7.11 Å². The maximum absolute atomic E-state index is 13.1. The number of halogens is 1. The number of aromatic amines is 1. The zero-order valence-corrected chi connectivity index (χ0v) is 15.4. The summed E-state index contributed by atoms with van der Waals surface area (Å²) in [5.74, 6) is 0.911. The zero-order valence-electron chi connectivity index (χ0n) is 14.7. The summed E-state index contributed by atoms with van der Waals surface area (Å²) in [5.41, 5.74) is 2.71. The summed E-state index contributed by atoms with van der Waals surface area (Å²) in [6.45, 7) is 0.795. The molecule has 134 valence electrons. The van der Waals surface area contributed by atoms with E-state index in [2.05, 4.69) is 11.1 Å². The van der Waals surface area contributed by atoms with Crippen molar-refractivity contribution in [2.45, 2.75) is 25.3 Å². The number of methoxy groups -OCH3 is 1. The van der Waals surface area contributed by atoms with Crippen molar-refractivity contribution in [1.82, 2.24) is 9.88 Å². The molecular formula is C21H21ClN2O2. The summed E-state index contributed by atoms with van der Waals surface area (Å²) in [6.07, 6.45) is 2.90. The standard InChI is InChI=1S/C21H21ClN2O2/c1-26-18-6-2-4-14(11-18)10-17-5-3-9-24(17)21(25)20-12-15-7-8-16(22)13-19(15)23-20/h2,4,6-8,11-13,17,23H,3,5,9-10H2,1H3. The fraction of sp³-hybridized carbons (Fsp3) is 0.286. The van der Waals surface area contributed by atoms with E-state index in [4.69, 9.17) is 16.3 Å². The monoisotopic (exact) mass is 368 g/mol. The molecule has 0 aliphatic carbocycles. The van der Waals surface area contributed by atoms with E-state index < -0.39 is 0 Å². The number of amides is 1. The summed E-state index contributed by atoms with van der Waals surface area (Å²) in [5, 5.41) is 1.66. The fourth-order valence-electron chi connectivity index (χ4n) is 3.76. The first-order valence-corrected chi connectivity index (χ1v) is 9.24. The molecule has 0 bridgehead atoms. The van der Waals surface area contributed by atoms with Gasteiger partial charge in [-0.15, -0.1) is 0 Å². The first-order chi connectivity index (χ1) is 12.6. The fourth-order valence-corrected chi connectivity index (χ4v) is 3.93. The Balaban J connectivity index is 1.55. The van der Waals surface area contributed by atoms with Crippen LogP contribution in [0.5, 0.6) is 5.75 Å². The predicted molar refractivity (Wildman–Crippen MR) is 104 cm³/mol. The Labute approximate surface area is 157 Å². The van der Waals surface area contributed by atoms with Crippen LogP contribution in [0.4, 0.5) is 0 Å². The zero-order chi connectivity index (χ0) is 18.1. The molecule has 1 amide bonds. The molecule has 26 heavy (non-hydrogen) atoms. The van der Waals surface area contributed by atoms with Crippen LogP contribution in [0.3, 0.4) is 0 Å². The Bertz CT molecular complexity index is 950. The third-order valence-corrected chi connectivity index (χ3v) is 5.29. The molecule has 4 nitrogen and oxygen atoms in total. The Morgan fingerprint density at radius 2 is 2.15 bits per heavy atom. The number of fused-ring (bicyclic) bond motifs is 1. The molecular weight excluding hydrogens is 348 g/mol. The number of ether oxygens (including phenoxy) is 1. The van der Waals surface area contributed by atoms with Gasteiger partial charge in [-0.1, -0.05) is 29.8 Å². The van der Waals surface area contributed by atoms with Gasteiger partial charge in [0, 0.05) is 28.5 Å². The van der Waals surface area contributed by atoms with Gasteiger partial charge < -0.3 is 14.6 Å². The molecule has 4 rings (SSSR count). The lowest BCUT2D eigenvalue weighted by atomic mass is 10.0. The highest BCUT2D eigenvalue weighted by atomic mass is 35.5. The van der Waals surface area contributed by atoms with Crippen molar-refractivity contribution < 1.29 is 9.53 Å². The van der Waals surface area contributed by atoms with Crippen LogP contribution in [0, 0.1) is 0 Å². The average Bonchev–Trinajstić information content (AvgIpc) is 3.27. The van der Waals surface area contributed by atoms with Crippen LogP contribution in [0.1, 0.15) is 28.9 Å². The Morgan fingerprint density at radius 3 is 3.00 bits per heavy atom. The van der Waals surface area contributed by atoms with Gasteiger partial charge in [-0.25, -0.2) is 0 Å². The van der Waals surface area contributed by atoms with E-state index >= 15 is 0 Å².